The SMILES string of the molecule is Cc1ccc(C(C)Nc2ccc(S(N)(=O)=O)cc2)cc1. The quantitative estimate of drug-likeness (QED) is 0.909. The van der Waals surface area contributed by atoms with E-state index in [-0.39, 0.29) is 10.9 Å². The topological polar surface area (TPSA) is 72.2 Å². The first-order chi connectivity index (χ1) is 9.36. The number of rotatable bonds is 4. The van der Waals surface area contributed by atoms with Gasteiger partial charge in [0.05, 0.1) is 4.90 Å². The largest absolute Gasteiger partial charge is 0.379 e. The molecule has 0 aliphatic heterocycles. The molecule has 3 N–H and O–H groups in total. The highest BCUT2D eigenvalue weighted by Crippen LogP contribution is 2.20. The number of hydrogen-bond acceptors (Lipinski definition) is 3. The van der Waals surface area contributed by atoms with Gasteiger partial charge in [0.2, 0.25) is 10.0 Å². The third kappa shape index (κ3) is 3.59. The Morgan fingerprint density at radius 1 is 1.00 bits per heavy atom. The second-order valence-corrected chi connectivity index (χ2v) is 6.41. The monoisotopic (exact) mass is 290 g/mol. The summed E-state index contributed by atoms with van der Waals surface area (Å²) in [6.45, 7) is 4.10. The molecule has 0 fully saturated rings. The van der Waals surface area contributed by atoms with E-state index in [4.69, 9.17) is 5.14 Å². The Balaban J connectivity index is 2.12. The third-order valence-electron chi connectivity index (χ3n) is 3.14. The molecule has 4 nitrogen and oxygen atoms in total. The molecule has 20 heavy (non-hydrogen) atoms. The third-order valence-corrected chi connectivity index (χ3v) is 4.07. The molecule has 0 radical (unpaired) electrons. The second-order valence-electron chi connectivity index (χ2n) is 4.85. The molecule has 0 spiro atoms. The zero-order valence-corrected chi connectivity index (χ0v) is 12.3. The highest BCUT2D eigenvalue weighted by atomic mass is 32.2. The molecule has 0 aliphatic carbocycles. The molecule has 2 aromatic carbocycles. The van der Waals surface area contributed by atoms with Crippen molar-refractivity contribution in [2.24, 2.45) is 5.14 Å². The predicted molar refractivity (Wildman–Crippen MR) is 81.0 cm³/mol. The van der Waals surface area contributed by atoms with Crippen LogP contribution in [0.15, 0.2) is 53.4 Å². The second kappa shape index (κ2) is 5.64. The number of aryl methyl sites for hydroxylation is 1. The van der Waals surface area contributed by atoms with E-state index >= 15 is 0 Å². The predicted octanol–water partition coefficient (Wildman–Crippen LogP) is 2.82. The minimum atomic E-state index is -3.63. The van der Waals surface area contributed by atoms with Crippen LogP contribution in [0.25, 0.3) is 0 Å². The first-order valence-corrected chi connectivity index (χ1v) is 7.87. The fraction of sp³-hybridized carbons (Fsp3) is 0.200. The fourth-order valence-electron chi connectivity index (χ4n) is 1.93. The van der Waals surface area contributed by atoms with Crippen LogP contribution in [0, 0.1) is 6.92 Å². The van der Waals surface area contributed by atoms with Gasteiger partial charge in [-0.2, -0.15) is 0 Å². The van der Waals surface area contributed by atoms with Crippen molar-refractivity contribution < 1.29 is 8.42 Å². The van der Waals surface area contributed by atoms with Gasteiger partial charge < -0.3 is 5.32 Å². The van der Waals surface area contributed by atoms with E-state index < -0.39 is 10.0 Å². The van der Waals surface area contributed by atoms with Crippen LogP contribution in [0.2, 0.25) is 0 Å². The maximum Gasteiger partial charge on any atom is 0.238 e. The van der Waals surface area contributed by atoms with E-state index in [1.807, 2.05) is 6.92 Å². The Labute approximate surface area is 119 Å². The maximum absolute atomic E-state index is 11.2. The van der Waals surface area contributed by atoms with Gasteiger partial charge in [0.1, 0.15) is 0 Å². The standard InChI is InChI=1S/C15H18N2O2S/c1-11-3-5-13(6-4-11)12(2)17-14-7-9-15(10-8-14)20(16,18)19/h3-10,12,17H,1-2H3,(H2,16,18,19). The Kier molecular flexibility index (Phi) is 4.11. The van der Waals surface area contributed by atoms with Crippen molar-refractivity contribution in [1.82, 2.24) is 0 Å². The Hall–Kier alpha value is -1.85. The Morgan fingerprint density at radius 3 is 2.05 bits per heavy atom. The van der Waals surface area contributed by atoms with Gasteiger partial charge in [-0.15, -0.1) is 0 Å². The van der Waals surface area contributed by atoms with Crippen LogP contribution in [-0.2, 0) is 10.0 Å². The molecule has 0 saturated heterocycles. The summed E-state index contributed by atoms with van der Waals surface area (Å²) in [5.41, 5.74) is 3.25. The number of benzene rings is 2. The van der Waals surface area contributed by atoms with Gasteiger partial charge >= 0.3 is 0 Å². The Morgan fingerprint density at radius 2 is 1.55 bits per heavy atom. The fourth-order valence-corrected chi connectivity index (χ4v) is 2.44. The molecule has 106 valence electrons. The molecule has 1 unspecified atom stereocenters. The summed E-state index contributed by atoms with van der Waals surface area (Å²) in [4.78, 5) is 0.117. The summed E-state index contributed by atoms with van der Waals surface area (Å²) >= 11 is 0. The maximum atomic E-state index is 11.2. The van der Waals surface area contributed by atoms with E-state index in [2.05, 4.69) is 36.5 Å². The van der Waals surface area contributed by atoms with Gasteiger partial charge in [0, 0.05) is 11.7 Å². The highest BCUT2D eigenvalue weighted by Gasteiger charge is 2.08. The lowest BCUT2D eigenvalue weighted by Crippen LogP contribution is -2.12. The first kappa shape index (κ1) is 14.6. The van der Waals surface area contributed by atoms with Gasteiger partial charge in [-0.05, 0) is 43.7 Å². The molecular weight excluding hydrogens is 272 g/mol. The summed E-state index contributed by atoms with van der Waals surface area (Å²) in [6.07, 6.45) is 0. The van der Waals surface area contributed by atoms with Crippen molar-refractivity contribution in [3.8, 4) is 0 Å². The number of anilines is 1. The summed E-state index contributed by atoms with van der Waals surface area (Å²) in [5, 5.41) is 8.39. The molecule has 0 bridgehead atoms. The van der Waals surface area contributed by atoms with Crippen LogP contribution in [0.4, 0.5) is 5.69 Å². The summed E-state index contributed by atoms with van der Waals surface area (Å²) in [5.74, 6) is 0. The number of sulfonamides is 1. The molecular formula is C15H18N2O2S. The minimum Gasteiger partial charge on any atom is -0.379 e. The Bertz CT molecular complexity index is 677. The van der Waals surface area contributed by atoms with Crippen LogP contribution in [0.1, 0.15) is 24.1 Å². The molecule has 2 rings (SSSR count). The zero-order chi connectivity index (χ0) is 14.8. The lowest BCUT2D eigenvalue weighted by Gasteiger charge is -2.16. The van der Waals surface area contributed by atoms with Crippen molar-refractivity contribution in [3.05, 3.63) is 59.7 Å². The molecule has 1 atom stereocenters. The average Bonchev–Trinajstić information content (AvgIpc) is 2.39. The molecule has 0 aliphatic rings. The summed E-state index contributed by atoms with van der Waals surface area (Å²) in [6, 6.07) is 14.8. The van der Waals surface area contributed by atoms with Gasteiger partial charge in [0.25, 0.3) is 0 Å². The smallest absolute Gasteiger partial charge is 0.238 e. The van der Waals surface area contributed by atoms with Crippen LogP contribution in [0.5, 0.6) is 0 Å². The molecule has 2 aromatic rings. The van der Waals surface area contributed by atoms with Crippen molar-refractivity contribution in [2.45, 2.75) is 24.8 Å². The van der Waals surface area contributed by atoms with Crippen molar-refractivity contribution in [2.75, 3.05) is 5.32 Å². The van der Waals surface area contributed by atoms with Crippen LogP contribution < -0.4 is 10.5 Å². The number of nitrogens with one attached hydrogen (secondary N) is 1. The van der Waals surface area contributed by atoms with Gasteiger partial charge in [-0.3, -0.25) is 0 Å². The number of nitrogens with two attached hydrogens (primary N) is 1. The summed E-state index contributed by atoms with van der Waals surface area (Å²) in [7, 11) is -3.63. The first-order valence-electron chi connectivity index (χ1n) is 6.32. The zero-order valence-electron chi connectivity index (χ0n) is 11.5. The van der Waals surface area contributed by atoms with E-state index in [0.29, 0.717) is 0 Å². The molecule has 0 saturated carbocycles. The van der Waals surface area contributed by atoms with Crippen molar-refractivity contribution >= 4 is 15.7 Å². The van der Waals surface area contributed by atoms with Crippen LogP contribution in [0.3, 0.4) is 0 Å². The van der Waals surface area contributed by atoms with Crippen molar-refractivity contribution in [1.29, 1.82) is 0 Å². The average molecular weight is 290 g/mol. The lowest BCUT2D eigenvalue weighted by molar-refractivity contribution is 0.598. The highest BCUT2D eigenvalue weighted by molar-refractivity contribution is 7.89. The normalized spacial score (nSPS) is 12.9. The van der Waals surface area contributed by atoms with Crippen LogP contribution >= 0.6 is 0 Å². The van der Waals surface area contributed by atoms with Crippen molar-refractivity contribution in [3.63, 3.8) is 0 Å². The van der Waals surface area contributed by atoms with Crippen LogP contribution in [-0.4, -0.2) is 8.42 Å². The minimum absolute atomic E-state index is 0.117. The van der Waals surface area contributed by atoms with E-state index in [0.717, 1.165) is 5.69 Å². The van der Waals surface area contributed by atoms with E-state index in [9.17, 15) is 8.42 Å². The summed E-state index contributed by atoms with van der Waals surface area (Å²) < 4.78 is 22.4. The molecule has 0 heterocycles. The number of primary sulfonamides is 1. The van der Waals surface area contributed by atoms with E-state index in [1.165, 1.54) is 23.3 Å². The molecule has 5 heteroatoms. The van der Waals surface area contributed by atoms with E-state index in [1.54, 1.807) is 12.1 Å². The number of hydrogen-bond donors (Lipinski definition) is 2. The van der Waals surface area contributed by atoms with Gasteiger partial charge in [-0.25, -0.2) is 13.6 Å². The molecule has 0 amide bonds. The van der Waals surface area contributed by atoms with Gasteiger partial charge in [0.15, 0.2) is 0 Å². The van der Waals surface area contributed by atoms with Gasteiger partial charge in [-0.1, -0.05) is 29.8 Å². The molecule has 0 aromatic heterocycles. The lowest BCUT2D eigenvalue weighted by atomic mass is 10.1.